The van der Waals surface area contributed by atoms with Crippen LogP contribution in [-0.4, -0.2) is 12.6 Å². The van der Waals surface area contributed by atoms with E-state index in [1.165, 1.54) is 18.4 Å². The van der Waals surface area contributed by atoms with Gasteiger partial charge in [0.25, 0.3) is 0 Å². The van der Waals surface area contributed by atoms with Gasteiger partial charge in [-0.15, -0.1) is 0 Å². The lowest BCUT2D eigenvalue weighted by molar-refractivity contribution is 0.548. The first-order chi connectivity index (χ1) is 6.67. The molecular weight excluding hydrogens is 261 g/mol. The molecule has 1 aliphatic rings. The summed E-state index contributed by atoms with van der Waals surface area (Å²) in [4.78, 5) is 0. The van der Waals surface area contributed by atoms with Crippen LogP contribution in [0, 0.1) is 0 Å². The second-order valence-corrected chi connectivity index (χ2v) is 5.17. The average Bonchev–Trinajstić information content (AvgIpc) is 2.93. The summed E-state index contributed by atoms with van der Waals surface area (Å²) in [6, 6.07) is 5.97. The van der Waals surface area contributed by atoms with Crippen LogP contribution in [0.3, 0.4) is 0 Å². The van der Waals surface area contributed by atoms with E-state index in [0.29, 0.717) is 5.54 Å². The predicted octanol–water partition coefficient (Wildman–Crippen LogP) is 3.40. The monoisotopic (exact) mass is 273 g/mol. The van der Waals surface area contributed by atoms with Crippen LogP contribution in [0.1, 0.15) is 18.4 Å². The molecule has 1 aliphatic carbocycles. The van der Waals surface area contributed by atoms with Crippen LogP contribution in [0.15, 0.2) is 22.7 Å². The molecule has 14 heavy (non-hydrogen) atoms. The minimum Gasteiger partial charge on any atom is -0.314 e. The third-order valence-corrected chi connectivity index (χ3v) is 4.06. The van der Waals surface area contributed by atoms with Crippen LogP contribution in [0.5, 0.6) is 0 Å². The Balaban J connectivity index is 2.24. The van der Waals surface area contributed by atoms with Crippen molar-refractivity contribution in [1.82, 2.24) is 5.32 Å². The molecular formula is C11H13BrClN. The predicted molar refractivity (Wildman–Crippen MR) is 63.9 cm³/mol. The molecule has 76 valence electrons. The topological polar surface area (TPSA) is 12.0 Å². The average molecular weight is 275 g/mol. The van der Waals surface area contributed by atoms with Gasteiger partial charge in [0.1, 0.15) is 0 Å². The van der Waals surface area contributed by atoms with Gasteiger partial charge in [-0.2, -0.15) is 0 Å². The van der Waals surface area contributed by atoms with Crippen molar-refractivity contribution in [3.8, 4) is 0 Å². The van der Waals surface area contributed by atoms with E-state index in [2.05, 4.69) is 21.2 Å². The molecule has 1 aromatic carbocycles. The van der Waals surface area contributed by atoms with Crippen molar-refractivity contribution in [2.24, 2.45) is 0 Å². The van der Waals surface area contributed by atoms with E-state index in [-0.39, 0.29) is 0 Å². The number of hydrogen-bond donors (Lipinski definition) is 1. The highest BCUT2D eigenvalue weighted by atomic mass is 79.9. The van der Waals surface area contributed by atoms with Gasteiger partial charge < -0.3 is 5.32 Å². The summed E-state index contributed by atoms with van der Waals surface area (Å²) in [5.41, 5.74) is 1.54. The highest BCUT2D eigenvalue weighted by Crippen LogP contribution is 2.41. The van der Waals surface area contributed by atoms with Crippen molar-refractivity contribution >= 4 is 27.5 Å². The van der Waals surface area contributed by atoms with Gasteiger partial charge in [-0.25, -0.2) is 0 Å². The smallest absolute Gasteiger partial charge is 0.0449 e. The Morgan fingerprint density at radius 2 is 2.21 bits per heavy atom. The summed E-state index contributed by atoms with van der Waals surface area (Å²) in [6.07, 6.45) is 3.52. The normalized spacial score (nSPS) is 18.2. The Morgan fingerprint density at radius 3 is 2.71 bits per heavy atom. The Bertz CT molecular complexity index is 327. The van der Waals surface area contributed by atoms with Gasteiger partial charge in [0.2, 0.25) is 0 Å². The van der Waals surface area contributed by atoms with Crippen LogP contribution in [0.25, 0.3) is 0 Å². The fraction of sp³-hybridized carbons (Fsp3) is 0.455. The lowest BCUT2D eigenvalue weighted by atomic mass is 10.0. The summed E-state index contributed by atoms with van der Waals surface area (Å²) in [5, 5.41) is 4.24. The van der Waals surface area contributed by atoms with Crippen molar-refractivity contribution in [1.29, 1.82) is 0 Å². The number of nitrogens with one attached hydrogen (secondary N) is 1. The van der Waals surface area contributed by atoms with Gasteiger partial charge >= 0.3 is 0 Å². The minimum absolute atomic E-state index is 0.313. The first-order valence-electron chi connectivity index (χ1n) is 4.79. The molecule has 1 nitrogen and oxygen atoms in total. The van der Waals surface area contributed by atoms with Crippen molar-refractivity contribution in [2.75, 3.05) is 7.05 Å². The number of halogens is 2. The van der Waals surface area contributed by atoms with Crippen molar-refractivity contribution in [3.05, 3.63) is 33.3 Å². The molecule has 0 aromatic heterocycles. The third kappa shape index (κ3) is 1.97. The Labute approximate surface area is 98.0 Å². The molecule has 0 saturated heterocycles. The third-order valence-electron chi connectivity index (χ3n) is 2.96. The van der Waals surface area contributed by atoms with Gasteiger partial charge in [-0.3, -0.25) is 0 Å². The largest absolute Gasteiger partial charge is 0.314 e. The quantitative estimate of drug-likeness (QED) is 0.891. The Morgan fingerprint density at radius 1 is 1.50 bits per heavy atom. The van der Waals surface area contributed by atoms with Crippen LogP contribution in [0.4, 0.5) is 0 Å². The van der Waals surface area contributed by atoms with Crippen LogP contribution < -0.4 is 5.32 Å². The first kappa shape index (κ1) is 10.5. The van der Waals surface area contributed by atoms with E-state index < -0.39 is 0 Å². The summed E-state index contributed by atoms with van der Waals surface area (Å²) in [5.74, 6) is 0. The van der Waals surface area contributed by atoms with Gasteiger partial charge in [0.05, 0.1) is 0 Å². The molecule has 0 amide bonds. The van der Waals surface area contributed by atoms with Gasteiger partial charge in [0.15, 0.2) is 0 Å². The number of rotatable bonds is 3. The minimum atomic E-state index is 0.313. The fourth-order valence-corrected chi connectivity index (χ4v) is 2.57. The number of benzene rings is 1. The van der Waals surface area contributed by atoms with Crippen LogP contribution in [-0.2, 0) is 6.42 Å². The maximum atomic E-state index is 6.16. The summed E-state index contributed by atoms with van der Waals surface area (Å²) < 4.78 is 1.12. The molecule has 3 heteroatoms. The first-order valence-corrected chi connectivity index (χ1v) is 5.96. The molecule has 0 heterocycles. The zero-order chi connectivity index (χ0) is 10.2. The molecule has 0 spiro atoms. The van der Waals surface area contributed by atoms with E-state index in [1.807, 2.05) is 25.2 Å². The summed E-state index contributed by atoms with van der Waals surface area (Å²) in [6.45, 7) is 0. The zero-order valence-electron chi connectivity index (χ0n) is 8.11. The van der Waals surface area contributed by atoms with Gasteiger partial charge in [0, 0.05) is 15.0 Å². The zero-order valence-corrected chi connectivity index (χ0v) is 10.5. The van der Waals surface area contributed by atoms with E-state index in [9.17, 15) is 0 Å². The SMILES string of the molecule is CNC1(Cc2c(Cl)cccc2Br)CC1. The second-order valence-electron chi connectivity index (χ2n) is 3.91. The van der Waals surface area contributed by atoms with E-state index in [0.717, 1.165) is 15.9 Å². The lowest BCUT2D eigenvalue weighted by Gasteiger charge is -2.16. The molecule has 1 fully saturated rings. The van der Waals surface area contributed by atoms with E-state index in [4.69, 9.17) is 11.6 Å². The van der Waals surface area contributed by atoms with Crippen LogP contribution in [0.2, 0.25) is 5.02 Å². The van der Waals surface area contributed by atoms with E-state index in [1.54, 1.807) is 0 Å². The Kier molecular flexibility index (Phi) is 2.87. The van der Waals surface area contributed by atoms with Crippen molar-refractivity contribution in [3.63, 3.8) is 0 Å². The molecule has 1 aromatic rings. The molecule has 0 aliphatic heterocycles. The molecule has 0 unspecified atom stereocenters. The maximum Gasteiger partial charge on any atom is 0.0449 e. The highest BCUT2D eigenvalue weighted by molar-refractivity contribution is 9.10. The molecule has 1 saturated carbocycles. The highest BCUT2D eigenvalue weighted by Gasteiger charge is 2.41. The fourth-order valence-electron chi connectivity index (χ4n) is 1.71. The number of hydrogen-bond acceptors (Lipinski definition) is 1. The molecule has 1 N–H and O–H groups in total. The lowest BCUT2D eigenvalue weighted by Crippen LogP contribution is -2.29. The molecule has 0 radical (unpaired) electrons. The molecule has 0 atom stereocenters. The Hall–Kier alpha value is -0.0500. The van der Waals surface area contributed by atoms with Crippen molar-refractivity contribution < 1.29 is 0 Å². The van der Waals surface area contributed by atoms with Gasteiger partial charge in [-0.05, 0) is 44.0 Å². The summed E-state index contributed by atoms with van der Waals surface area (Å²) in [7, 11) is 2.03. The maximum absolute atomic E-state index is 6.16. The summed E-state index contributed by atoms with van der Waals surface area (Å²) >= 11 is 9.71. The standard InChI is InChI=1S/C11H13BrClN/c1-14-11(5-6-11)7-8-9(12)3-2-4-10(8)13/h2-4,14H,5-7H2,1H3. The molecule has 0 bridgehead atoms. The molecule has 2 rings (SSSR count). The second kappa shape index (κ2) is 3.84. The van der Waals surface area contributed by atoms with Crippen molar-refractivity contribution in [2.45, 2.75) is 24.8 Å². The van der Waals surface area contributed by atoms with E-state index >= 15 is 0 Å². The van der Waals surface area contributed by atoms with Crippen LogP contribution >= 0.6 is 27.5 Å². The van der Waals surface area contributed by atoms with Gasteiger partial charge in [-0.1, -0.05) is 33.6 Å². The number of likely N-dealkylation sites (N-methyl/N-ethyl adjacent to an activating group) is 1.